The van der Waals surface area contributed by atoms with Crippen LogP contribution in [0.1, 0.15) is 15.9 Å². The van der Waals surface area contributed by atoms with Crippen molar-refractivity contribution in [3.8, 4) is 11.3 Å². The predicted molar refractivity (Wildman–Crippen MR) is 96.3 cm³/mol. The minimum atomic E-state index is -0.201. The van der Waals surface area contributed by atoms with Crippen molar-refractivity contribution in [1.29, 1.82) is 0 Å². The van der Waals surface area contributed by atoms with Gasteiger partial charge in [-0.25, -0.2) is 4.98 Å². The Morgan fingerprint density at radius 2 is 2.00 bits per heavy atom. The molecule has 0 aliphatic heterocycles. The lowest BCUT2D eigenvalue weighted by Crippen LogP contribution is -2.13. The van der Waals surface area contributed by atoms with Gasteiger partial charge in [0, 0.05) is 35.1 Å². The molecule has 4 rings (SSSR count). The molecule has 1 aromatic carbocycles. The van der Waals surface area contributed by atoms with Gasteiger partial charge >= 0.3 is 0 Å². The number of aromatic nitrogens is 4. The second-order valence-electron chi connectivity index (χ2n) is 5.74. The molecule has 1 amide bonds. The Balaban J connectivity index is 1.63. The van der Waals surface area contributed by atoms with Gasteiger partial charge in [0.05, 0.1) is 11.9 Å². The van der Waals surface area contributed by atoms with Gasteiger partial charge in [0.25, 0.3) is 5.91 Å². The van der Waals surface area contributed by atoms with E-state index in [-0.39, 0.29) is 5.91 Å². The second kappa shape index (κ2) is 6.16. The predicted octanol–water partition coefficient (Wildman–Crippen LogP) is 3.58. The van der Waals surface area contributed by atoms with Crippen LogP contribution in [0.4, 0.5) is 5.82 Å². The fourth-order valence-corrected chi connectivity index (χ4v) is 2.68. The molecule has 3 aromatic heterocycles. The molecule has 0 aliphatic rings. The summed E-state index contributed by atoms with van der Waals surface area (Å²) in [6.07, 6.45) is 6.97. The molecule has 6 heteroatoms. The zero-order valence-corrected chi connectivity index (χ0v) is 13.5. The molecule has 0 saturated carbocycles. The molecule has 0 spiro atoms. The summed E-state index contributed by atoms with van der Waals surface area (Å²) in [7, 11) is 0. The number of nitrogens with zero attached hydrogens (tertiary/aromatic N) is 3. The lowest BCUT2D eigenvalue weighted by molar-refractivity contribution is 0.102. The third-order valence-corrected chi connectivity index (χ3v) is 4.01. The van der Waals surface area contributed by atoms with Crippen LogP contribution in [0.5, 0.6) is 0 Å². The first-order chi connectivity index (χ1) is 12.2. The average molecular weight is 329 g/mol. The summed E-state index contributed by atoms with van der Waals surface area (Å²) in [6.45, 7) is 1.97. The summed E-state index contributed by atoms with van der Waals surface area (Å²) >= 11 is 0. The van der Waals surface area contributed by atoms with Crippen LogP contribution in [0.2, 0.25) is 0 Å². The van der Waals surface area contributed by atoms with Crippen molar-refractivity contribution < 1.29 is 4.79 Å². The smallest absolute Gasteiger partial charge is 0.256 e. The maximum atomic E-state index is 12.6. The Bertz CT molecular complexity index is 1060. The zero-order valence-electron chi connectivity index (χ0n) is 13.5. The van der Waals surface area contributed by atoms with Crippen molar-refractivity contribution in [2.75, 3.05) is 5.32 Å². The van der Waals surface area contributed by atoms with Crippen LogP contribution >= 0.6 is 0 Å². The topological polar surface area (TPSA) is 83.6 Å². The molecule has 122 valence electrons. The standard InChI is InChI=1S/C19H15N5O/c1-12-2-5-17(23-18(12)16-10-21-22-11-16)24-19(25)14-3-4-15-9-20-7-6-13(15)8-14/h2-11H,1H3,(H,21,22)(H,23,24,25). The summed E-state index contributed by atoms with van der Waals surface area (Å²) in [4.78, 5) is 21.2. The van der Waals surface area contributed by atoms with E-state index in [1.165, 1.54) is 0 Å². The largest absolute Gasteiger partial charge is 0.307 e. The maximum Gasteiger partial charge on any atom is 0.256 e. The van der Waals surface area contributed by atoms with Gasteiger partial charge in [-0.05, 0) is 42.1 Å². The van der Waals surface area contributed by atoms with Crippen molar-refractivity contribution in [2.45, 2.75) is 6.92 Å². The first-order valence-electron chi connectivity index (χ1n) is 7.82. The molecule has 6 nitrogen and oxygen atoms in total. The average Bonchev–Trinajstić information content (AvgIpc) is 3.17. The Labute approximate surface area is 144 Å². The van der Waals surface area contributed by atoms with Gasteiger partial charge in [-0.2, -0.15) is 5.10 Å². The SMILES string of the molecule is Cc1ccc(NC(=O)c2ccc3cnccc3c2)nc1-c1cn[nH]c1. The van der Waals surface area contributed by atoms with Crippen LogP contribution in [0, 0.1) is 6.92 Å². The van der Waals surface area contributed by atoms with E-state index in [1.54, 1.807) is 36.9 Å². The third kappa shape index (κ3) is 2.97. The fraction of sp³-hybridized carbons (Fsp3) is 0.0526. The highest BCUT2D eigenvalue weighted by molar-refractivity contribution is 6.06. The number of benzene rings is 1. The van der Waals surface area contributed by atoms with Crippen molar-refractivity contribution in [3.63, 3.8) is 0 Å². The molecule has 0 fully saturated rings. The molecular formula is C19H15N5O. The van der Waals surface area contributed by atoms with E-state index < -0.39 is 0 Å². The van der Waals surface area contributed by atoms with E-state index in [4.69, 9.17) is 0 Å². The lowest BCUT2D eigenvalue weighted by Gasteiger charge is -2.09. The van der Waals surface area contributed by atoms with Crippen molar-refractivity contribution in [2.24, 2.45) is 0 Å². The highest BCUT2D eigenvalue weighted by Gasteiger charge is 2.11. The number of pyridine rings is 2. The fourth-order valence-electron chi connectivity index (χ4n) is 2.68. The minimum absolute atomic E-state index is 0.201. The van der Waals surface area contributed by atoms with E-state index in [2.05, 4.69) is 25.5 Å². The number of carbonyl (C=O) groups is 1. The number of nitrogens with one attached hydrogen (secondary N) is 2. The molecule has 2 N–H and O–H groups in total. The lowest BCUT2D eigenvalue weighted by atomic mass is 10.1. The third-order valence-electron chi connectivity index (χ3n) is 4.01. The van der Waals surface area contributed by atoms with E-state index in [9.17, 15) is 4.79 Å². The molecule has 0 saturated heterocycles. The number of anilines is 1. The molecule has 25 heavy (non-hydrogen) atoms. The quantitative estimate of drug-likeness (QED) is 0.602. The van der Waals surface area contributed by atoms with Gasteiger partial charge in [0.2, 0.25) is 0 Å². The van der Waals surface area contributed by atoms with Crippen LogP contribution in [0.25, 0.3) is 22.0 Å². The number of rotatable bonds is 3. The normalized spacial score (nSPS) is 10.8. The Morgan fingerprint density at radius 1 is 1.08 bits per heavy atom. The maximum absolute atomic E-state index is 12.6. The van der Waals surface area contributed by atoms with Crippen LogP contribution in [-0.2, 0) is 0 Å². The molecule has 0 aliphatic carbocycles. The number of hydrogen-bond acceptors (Lipinski definition) is 4. The summed E-state index contributed by atoms with van der Waals surface area (Å²) in [5, 5.41) is 11.5. The second-order valence-corrected chi connectivity index (χ2v) is 5.74. The minimum Gasteiger partial charge on any atom is -0.307 e. The molecular weight excluding hydrogens is 314 g/mol. The monoisotopic (exact) mass is 329 g/mol. The first kappa shape index (κ1) is 15.0. The highest BCUT2D eigenvalue weighted by Crippen LogP contribution is 2.22. The van der Waals surface area contributed by atoms with Gasteiger partial charge in [0.15, 0.2) is 0 Å². The number of aryl methyl sites for hydroxylation is 1. The molecule has 0 bridgehead atoms. The summed E-state index contributed by atoms with van der Waals surface area (Å²) < 4.78 is 0. The number of fused-ring (bicyclic) bond motifs is 1. The summed E-state index contributed by atoms with van der Waals surface area (Å²) in [6, 6.07) is 11.1. The van der Waals surface area contributed by atoms with Crippen LogP contribution in [0.3, 0.4) is 0 Å². The molecule has 0 unspecified atom stereocenters. The highest BCUT2D eigenvalue weighted by atomic mass is 16.1. The van der Waals surface area contributed by atoms with Gasteiger partial charge in [0.1, 0.15) is 5.82 Å². The van der Waals surface area contributed by atoms with Crippen molar-refractivity contribution in [1.82, 2.24) is 20.2 Å². The Kier molecular flexibility index (Phi) is 3.70. The summed E-state index contributed by atoms with van der Waals surface area (Å²) in [5.41, 5.74) is 3.26. The van der Waals surface area contributed by atoms with E-state index in [1.807, 2.05) is 31.2 Å². The van der Waals surface area contributed by atoms with Crippen LogP contribution in [-0.4, -0.2) is 26.1 Å². The number of amides is 1. The van der Waals surface area contributed by atoms with E-state index >= 15 is 0 Å². The summed E-state index contributed by atoms with van der Waals surface area (Å²) in [5.74, 6) is 0.301. The molecule has 0 radical (unpaired) electrons. The number of carbonyl (C=O) groups excluding carboxylic acids is 1. The Hall–Kier alpha value is -3.54. The van der Waals surface area contributed by atoms with E-state index in [0.29, 0.717) is 11.4 Å². The van der Waals surface area contributed by atoms with Crippen molar-refractivity contribution in [3.05, 3.63) is 72.3 Å². The van der Waals surface area contributed by atoms with Crippen LogP contribution in [0.15, 0.2) is 61.2 Å². The van der Waals surface area contributed by atoms with Gasteiger partial charge in [-0.3, -0.25) is 14.9 Å². The number of hydrogen-bond donors (Lipinski definition) is 2. The van der Waals surface area contributed by atoms with Crippen molar-refractivity contribution >= 4 is 22.5 Å². The van der Waals surface area contributed by atoms with Gasteiger partial charge < -0.3 is 5.32 Å². The first-order valence-corrected chi connectivity index (χ1v) is 7.82. The number of aromatic amines is 1. The van der Waals surface area contributed by atoms with Gasteiger partial charge in [-0.1, -0.05) is 12.1 Å². The molecule has 3 heterocycles. The van der Waals surface area contributed by atoms with E-state index in [0.717, 1.165) is 27.6 Å². The molecule has 0 atom stereocenters. The molecule has 4 aromatic rings. The zero-order chi connectivity index (χ0) is 17.2. The number of H-pyrrole nitrogens is 1. The Morgan fingerprint density at radius 3 is 2.84 bits per heavy atom. The van der Waals surface area contributed by atoms with Crippen LogP contribution < -0.4 is 5.32 Å². The van der Waals surface area contributed by atoms with Gasteiger partial charge in [-0.15, -0.1) is 0 Å².